The van der Waals surface area contributed by atoms with Crippen LogP contribution >= 0.6 is 10.0 Å². The number of allylic oxidation sites excluding steroid dienone is 2. The minimum absolute atomic E-state index is 0.697. The molecule has 1 aliphatic rings. The van der Waals surface area contributed by atoms with Gasteiger partial charge in [-0.3, -0.25) is 0 Å². The number of ether oxygens (including phenoxy) is 2. The van der Waals surface area contributed by atoms with Gasteiger partial charge < -0.3 is 9.47 Å². The molecular formula is C18H26O2S. The summed E-state index contributed by atoms with van der Waals surface area (Å²) in [5.74, 6) is 3.28. The molecule has 0 saturated carbocycles. The van der Waals surface area contributed by atoms with Gasteiger partial charge in [-0.05, 0) is 48.3 Å². The van der Waals surface area contributed by atoms with Gasteiger partial charge in [0.15, 0.2) is 0 Å². The molecule has 1 aromatic carbocycles. The van der Waals surface area contributed by atoms with Crippen LogP contribution in [0.1, 0.15) is 18.1 Å². The maximum absolute atomic E-state index is 5.76. The summed E-state index contributed by atoms with van der Waals surface area (Å²) >= 11 is 0. The van der Waals surface area contributed by atoms with E-state index in [4.69, 9.17) is 9.47 Å². The lowest BCUT2D eigenvalue weighted by Gasteiger charge is -2.41. The van der Waals surface area contributed by atoms with Crippen molar-refractivity contribution < 1.29 is 9.47 Å². The highest BCUT2D eigenvalue weighted by atomic mass is 32.3. The molecule has 3 heteroatoms. The Balaban J connectivity index is 2.51. The minimum Gasteiger partial charge on any atom is -0.494 e. The van der Waals surface area contributed by atoms with Crippen LogP contribution in [-0.2, 0) is 4.74 Å². The largest absolute Gasteiger partial charge is 0.494 e. The summed E-state index contributed by atoms with van der Waals surface area (Å²) in [6, 6.07) is 4.40. The smallest absolute Gasteiger partial charge is 0.122 e. The zero-order valence-corrected chi connectivity index (χ0v) is 14.2. The van der Waals surface area contributed by atoms with Crippen molar-refractivity contribution in [1.29, 1.82) is 0 Å². The molecule has 1 heterocycles. The zero-order chi connectivity index (χ0) is 15.3. The topological polar surface area (TPSA) is 18.5 Å². The molecule has 0 bridgehead atoms. The van der Waals surface area contributed by atoms with Gasteiger partial charge in [0.25, 0.3) is 0 Å². The number of rotatable bonds is 5. The van der Waals surface area contributed by atoms with Crippen LogP contribution in [0.25, 0.3) is 6.08 Å². The summed E-state index contributed by atoms with van der Waals surface area (Å²) in [6.07, 6.45) is 8.45. The summed E-state index contributed by atoms with van der Waals surface area (Å²) in [6.45, 7) is 10.4. The first-order valence-corrected chi connectivity index (χ1v) is 9.87. The highest BCUT2D eigenvalue weighted by Crippen LogP contribution is 2.56. The highest BCUT2D eigenvalue weighted by Gasteiger charge is 2.27. The summed E-state index contributed by atoms with van der Waals surface area (Å²) in [5.41, 5.74) is 2.54. The molecule has 0 atom stereocenters. The predicted molar refractivity (Wildman–Crippen MR) is 93.9 cm³/mol. The van der Waals surface area contributed by atoms with Crippen molar-refractivity contribution in [3.8, 4) is 5.75 Å². The van der Waals surface area contributed by atoms with Crippen LogP contribution in [0.15, 0.2) is 35.8 Å². The third-order valence-corrected chi connectivity index (χ3v) is 7.56. The molecule has 2 nitrogen and oxygen atoms in total. The van der Waals surface area contributed by atoms with E-state index in [1.165, 1.54) is 16.0 Å². The molecule has 2 rings (SSSR count). The third-order valence-electron chi connectivity index (χ3n) is 4.01. The molecule has 1 fully saturated rings. The Bertz CT molecular complexity index is 528. The van der Waals surface area contributed by atoms with Crippen LogP contribution < -0.4 is 4.74 Å². The second kappa shape index (κ2) is 7.19. The zero-order valence-electron chi connectivity index (χ0n) is 13.4. The van der Waals surface area contributed by atoms with Gasteiger partial charge in [-0.1, -0.05) is 24.8 Å². The SMILES string of the molecule is C=CC=Cc1c(S2(C)CCOCC2)ccc(OCC)c1C. The Hall–Kier alpha value is -1.19. The summed E-state index contributed by atoms with van der Waals surface area (Å²) in [5, 5.41) is 0. The van der Waals surface area contributed by atoms with Crippen molar-refractivity contribution in [2.75, 3.05) is 37.6 Å². The highest BCUT2D eigenvalue weighted by molar-refractivity contribution is 8.33. The Kier molecular flexibility index (Phi) is 5.54. The Morgan fingerprint density at radius 3 is 2.67 bits per heavy atom. The Morgan fingerprint density at radius 2 is 2.05 bits per heavy atom. The van der Waals surface area contributed by atoms with E-state index < -0.39 is 10.0 Å². The van der Waals surface area contributed by atoms with E-state index in [0.717, 1.165) is 30.5 Å². The van der Waals surface area contributed by atoms with Crippen molar-refractivity contribution >= 4 is 16.1 Å². The van der Waals surface area contributed by atoms with Crippen LogP contribution in [0.2, 0.25) is 0 Å². The molecule has 0 radical (unpaired) electrons. The van der Waals surface area contributed by atoms with Gasteiger partial charge in [-0.2, -0.15) is 0 Å². The van der Waals surface area contributed by atoms with Gasteiger partial charge in [-0.15, -0.1) is 0 Å². The van der Waals surface area contributed by atoms with Crippen molar-refractivity contribution in [3.63, 3.8) is 0 Å². The van der Waals surface area contributed by atoms with Crippen molar-refractivity contribution in [2.24, 2.45) is 0 Å². The monoisotopic (exact) mass is 306 g/mol. The van der Waals surface area contributed by atoms with Crippen molar-refractivity contribution in [1.82, 2.24) is 0 Å². The summed E-state index contributed by atoms with van der Waals surface area (Å²) in [4.78, 5) is 1.48. The quantitative estimate of drug-likeness (QED) is 0.750. The standard InChI is InChI=1S/C18H26O2S/c1-5-7-8-16-15(3)17(20-6-2)9-10-18(16)21(4)13-11-19-12-14-21/h5,7-10H,1,6,11-14H2,2-4H3. The second-order valence-electron chi connectivity index (χ2n) is 5.42. The molecule has 0 amide bonds. The van der Waals surface area contributed by atoms with E-state index in [9.17, 15) is 0 Å². The fourth-order valence-corrected chi connectivity index (χ4v) is 5.47. The first kappa shape index (κ1) is 16.2. The molecule has 116 valence electrons. The fraction of sp³-hybridized carbons (Fsp3) is 0.444. The van der Waals surface area contributed by atoms with Crippen molar-refractivity contribution in [2.45, 2.75) is 18.7 Å². The van der Waals surface area contributed by atoms with E-state index in [0.29, 0.717) is 6.61 Å². The fourth-order valence-electron chi connectivity index (χ4n) is 2.71. The molecule has 0 aromatic heterocycles. The van der Waals surface area contributed by atoms with E-state index in [-0.39, 0.29) is 0 Å². The molecule has 21 heavy (non-hydrogen) atoms. The molecule has 0 aliphatic carbocycles. The predicted octanol–water partition coefficient (Wildman–Crippen LogP) is 4.42. The van der Waals surface area contributed by atoms with Crippen LogP contribution in [-0.4, -0.2) is 37.6 Å². The lowest BCUT2D eigenvalue weighted by atomic mass is 10.1. The van der Waals surface area contributed by atoms with Gasteiger partial charge in [-0.25, -0.2) is 10.0 Å². The van der Waals surface area contributed by atoms with Crippen LogP contribution in [0, 0.1) is 6.92 Å². The van der Waals surface area contributed by atoms with Gasteiger partial charge in [0.2, 0.25) is 0 Å². The van der Waals surface area contributed by atoms with E-state index in [1.807, 2.05) is 19.1 Å². The average molecular weight is 306 g/mol. The molecule has 1 aromatic rings. The van der Waals surface area contributed by atoms with Crippen LogP contribution in [0.4, 0.5) is 0 Å². The summed E-state index contributed by atoms with van der Waals surface area (Å²) < 4.78 is 11.3. The lowest BCUT2D eigenvalue weighted by Crippen LogP contribution is -2.23. The van der Waals surface area contributed by atoms with Crippen LogP contribution in [0.3, 0.4) is 0 Å². The Morgan fingerprint density at radius 1 is 1.33 bits per heavy atom. The molecule has 1 aliphatic heterocycles. The summed E-state index contributed by atoms with van der Waals surface area (Å²) in [7, 11) is -0.800. The van der Waals surface area contributed by atoms with E-state index in [2.05, 4.69) is 38.0 Å². The molecule has 0 unspecified atom stereocenters. The first-order valence-electron chi connectivity index (χ1n) is 7.49. The first-order chi connectivity index (χ1) is 10.1. The van der Waals surface area contributed by atoms with E-state index in [1.54, 1.807) is 0 Å². The third kappa shape index (κ3) is 3.53. The Labute approximate surface area is 130 Å². The van der Waals surface area contributed by atoms with Gasteiger partial charge in [0, 0.05) is 11.5 Å². The van der Waals surface area contributed by atoms with Gasteiger partial charge in [0.1, 0.15) is 5.75 Å². The maximum atomic E-state index is 5.76. The molecule has 0 N–H and O–H groups in total. The second-order valence-corrected chi connectivity index (χ2v) is 9.23. The average Bonchev–Trinajstić information content (AvgIpc) is 2.49. The number of hydrogen-bond donors (Lipinski definition) is 0. The van der Waals surface area contributed by atoms with Gasteiger partial charge >= 0.3 is 0 Å². The number of hydrogen-bond acceptors (Lipinski definition) is 2. The lowest BCUT2D eigenvalue weighted by molar-refractivity contribution is 0.159. The molecular weight excluding hydrogens is 280 g/mol. The minimum atomic E-state index is -0.800. The molecule has 1 saturated heterocycles. The van der Waals surface area contributed by atoms with Gasteiger partial charge in [0.05, 0.1) is 19.8 Å². The van der Waals surface area contributed by atoms with Crippen molar-refractivity contribution in [3.05, 3.63) is 42.0 Å². The molecule has 0 spiro atoms. The number of benzene rings is 1. The normalized spacial score (nSPS) is 19.4. The van der Waals surface area contributed by atoms with E-state index >= 15 is 0 Å². The van der Waals surface area contributed by atoms with Crippen LogP contribution in [0.5, 0.6) is 5.75 Å². The maximum Gasteiger partial charge on any atom is 0.122 e.